The second-order valence-electron chi connectivity index (χ2n) is 10.0. The lowest BCUT2D eigenvalue weighted by molar-refractivity contribution is -0.162. The Labute approximate surface area is 236 Å². The molecule has 1 N–H and O–H groups in total. The molecular formula is C32H39N3O5. The molecule has 0 bridgehead atoms. The number of ether oxygens (including phenoxy) is 3. The van der Waals surface area contributed by atoms with Crippen LogP contribution in [-0.4, -0.2) is 66.6 Å². The Morgan fingerprint density at radius 3 is 2.02 bits per heavy atom. The first-order chi connectivity index (χ1) is 19.4. The van der Waals surface area contributed by atoms with Crippen molar-refractivity contribution in [1.29, 1.82) is 0 Å². The van der Waals surface area contributed by atoms with Gasteiger partial charge in [0, 0.05) is 44.0 Å². The van der Waals surface area contributed by atoms with E-state index in [2.05, 4.69) is 34.6 Å². The molecule has 1 unspecified atom stereocenters. The molecule has 8 nitrogen and oxygen atoms in total. The molecule has 1 aliphatic carbocycles. The van der Waals surface area contributed by atoms with Crippen molar-refractivity contribution >= 4 is 12.0 Å². The van der Waals surface area contributed by atoms with Crippen molar-refractivity contribution in [3.63, 3.8) is 0 Å². The van der Waals surface area contributed by atoms with Gasteiger partial charge in [0.15, 0.2) is 6.29 Å². The first-order valence-electron chi connectivity index (χ1n) is 14.0. The maximum absolute atomic E-state index is 13.9. The summed E-state index contributed by atoms with van der Waals surface area (Å²) in [6.07, 6.45) is 2.44. The van der Waals surface area contributed by atoms with Gasteiger partial charge in [-0.3, -0.25) is 9.78 Å². The first-order valence-corrected chi connectivity index (χ1v) is 14.0. The van der Waals surface area contributed by atoms with Crippen LogP contribution in [0.25, 0.3) is 11.1 Å². The molecule has 0 fully saturated rings. The lowest BCUT2D eigenvalue weighted by Crippen LogP contribution is -2.54. The zero-order chi connectivity index (χ0) is 28.5. The van der Waals surface area contributed by atoms with Crippen molar-refractivity contribution in [2.24, 2.45) is 0 Å². The number of nitrogens with zero attached hydrogens (tertiary/aromatic N) is 2. The zero-order valence-electron chi connectivity index (χ0n) is 23.7. The summed E-state index contributed by atoms with van der Waals surface area (Å²) in [6.45, 7) is 8.98. The lowest BCUT2D eigenvalue weighted by atomic mass is 9.98. The number of benzene rings is 2. The summed E-state index contributed by atoms with van der Waals surface area (Å²) < 4.78 is 17.2. The quantitative estimate of drug-likeness (QED) is 0.298. The molecule has 0 aliphatic heterocycles. The van der Waals surface area contributed by atoms with Crippen molar-refractivity contribution in [1.82, 2.24) is 15.2 Å². The monoisotopic (exact) mass is 545 g/mol. The number of alkyl carbamates (subject to hydrolysis) is 1. The molecular weight excluding hydrogens is 506 g/mol. The topological polar surface area (TPSA) is 90.0 Å². The molecule has 1 aromatic heterocycles. The molecule has 0 saturated carbocycles. The number of pyridine rings is 1. The number of hydrogen-bond donors (Lipinski definition) is 1. The number of carbonyl (C=O) groups excluding carboxylic acids is 2. The van der Waals surface area contributed by atoms with E-state index in [0.29, 0.717) is 19.6 Å². The third kappa shape index (κ3) is 7.06. The molecule has 1 atom stereocenters. The summed E-state index contributed by atoms with van der Waals surface area (Å²) in [5.74, 6) is -0.303. The minimum atomic E-state index is -0.843. The Morgan fingerprint density at radius 1 is 0.900 bits per heavy atom. The van der Waals surface area contributed by atoms with Gasteiger partial charge in [0.05, 0.1) is 6.54 Å². The number of fused-ring (bicyclic) bond motifs is 3. The predicted molar refractivity (Wildman–Crippen MR) is 154 cm³/mol. The minimum Gasteiger partial charge on any atom is -0.449 e. The van der Waals surface area contributed by atoms with Crippen molar-refractivity contribution < 1.29 is 23.8 Å². The van der Waals surface area contributed by atoms with Gasteiger partial charge in [-0.1, -0.05) is 48.5 Å². The Hall–Kier alpha value is -3.75. The van der Waals surface area contributed by atoms with Gasteiger partial charge >= 0.3 is 6.09 Å². The van der Waals surface area contributed by atoms with Crippen LogP contribution in [-0.2, 0) is 25.4 Å². The van der Waals surface area contributed by atoms with Crippen LogP contribution >= 0.6 is 0 Å². The fourth-order valence-electron chi connectivity index (χ4n) is 5.18. The molecule has 40 heavy (non-hydrogen) atoms. The largest absolute Gasteiger partial charge is 0.449 e. The number of amides is 2. The van der Waals surface area contributed by atoms with Crippen molar-refractivity contribution in [3.05, 3.63) is 89.7 Å². The number of rotatable bonds is 13. The van der Waals surface area contributed by atoms with Crippen LogP contribution < -0.4 is 5.32 Å². The lowest BCUT2D eigenvalue weighted by Gasteiger charge is -2.33. The summed E-state index contributed by atoms with van der Waals surface area (Å²) in [7, 11) is 0. The van der Waals surface area contributed by atoms with E-state index in [1.807, 2.05) is 64.1 Å². The summed E-state index contributed by atoms with van der Waals surface area (Å²) in [6, 6.07) is 19.1. The number of carbonyl (C=O) groups is 2. The highest BCUT2D eigenvalue weighted by atomic mass is 16.7. The fraction of sp³-hybridized carbons (Fsp3) is 0.406. The molecule has 0 radical (unpaired) electrons. The normalized spacial score (nSPS) is 13.2. The van der Waals surface area contributed by atoms with Crippen LogP contribution in [0.15, 0.2) is 73.1 Å². The van der Waals surface area contributed by atoms with E-state index < -0.39 is 18.4 Å². The molecule has 1 aliphatic rings. The van der Waals surface area contributed by atoms with Crippen molar-refractivity contribution in [3.8, 4) is 11.1 Å². The van der Waals surface area contributed by atoms with Crippen LogP contribution in [0.2, 0.25) is 0 Å². The average Bonchev–Trinajstić information content (AvgIpc) is 3.28. The number of aromatic nitrogens is 1. The van der Waals surface area contributed by atoms with Crippen LogP contribution in [0.3, 0.4) is 0 Å². The van der Waals surface area contributed by atoms with E-state index in [0.717, 1.165) is 27.8 Å². The summed E-state index contributed by atoms with van der Waals surface area (Å²) >= 11 is 0. The van der Waals surface area contributed by atoms with Gasteiger partial charge in [-0.15, -0.1) is 0 Å². The van der Waals surface area contributed by atoms with E-state index in [1.54, 1.807) is 17.3 Å². The molecule has 0 saturated heterocycles. The highest BCUT2D eigenvalue weighted by molar-refractivity contribution is 5.86. The van der Waals surface area contributed by atoms with Gasteiger partial charge in [0.25, 0.3) is 0 Å². The van der Waals surface area contributed by atoms with Gasteiger partial charge in [-0.2, -0.15) is 0 Å². The fourth-order valence-corrected chi connectivity index (χ4v) is 5.18. The van der Waals surface area contributed by atoms with Crippen LogP contribution in [0.4, 0.5) is 4.79 Å². The summed E-state index contributed by atoms with van der Waals surface area (Å²) in [5.41, 5.74) is 5.45. The molecule has 2 amide bonds. The van der Waals surface area contributed by atoms with E-state index >= 15 is 0 Å². The van der Waals surface area contributed by atoms with Gasteiger partial charge in [-0.25, -0.2) is 4.79 Å². The molecule has 8 heteroatoms. The third-order valence-corrected chi connectivity index (χ3v) is 7.08. The maximum Gasteiger partial charge on any atom is 0.407 e. The molecule has 0 spiro atoms. The van der Waals surface area contributed by atoms with Gasteiger partial charge in [0.2, 0.25) is 5.91 Å². The Balaban J connectivity index is 1.50. The van der Waals surface area contributed by atoms with E-state index in [-0.39, 0.29) is 31.0 Å². The van der Waals surface area contributed by atoms with Crippen LogP contribution in [0, 0.1) is 0 Å². The smallest absolute Gasteiger partial charge is 0.407 e. The van der Waals surface area contributed by atoms with Crippen molar-refractivity contribution in [2.45, 2.75) is 58.4 Å². The van der Waals surface area contributed by atoms with Crippen molar-refractivity contribution in [2.75, 3.05) is 26.4 Å². The minimum absolute atomic E-state index is 0.0715. The Bertz CT molecular complexity index is 1210. The highest BCUT2D eigenvalue weighted by Gasteiger charge is 2.32. The standard InChI is InChI=1S/C32H39N3O5/c1-5-38-30(39-6-2)20-35(22(3)4)31(36)29(19-23-15-17-33-18-16-23)34-32(37)40-21-28-26-13-9-7-11-24(26)25-12-8-10-14-27(25)28/h7-18,22,28-30H,5-6,19-21H2,1-4H3,(H,34,37). The Kier molecular flexibility index (Phi) is 10.3. The maximum atomic E-state index is 13.9. The van der Waals surface area contributed by atoms with Crippen LogP contribution in [0.5, 0.6) is 0 Å². The predicted octanol–water partition coefficient (Wildman–Crippen LogP) is 5.17. The third-order valence-electron chi connectivity index (χ3n) is 7.08. The van der Waals surface area contributed by atoms with E-state index in [4.69, 9.17) is 14.2 Å². The summed E-state index contributed by atoms with van der Waals surface area (Å²) in [4.78, 5) is 32.8. The highest BCUT2D eigenvalue weighted by Crippen LogP contribution is 2.44. The van der Waals surface area contributed by atoms with Gasteiger partial charge < -0.3 is 24.4 Å². The second-order valence-corrected chi connectivity index (χ2v) is 10.0. The first kappa shape index (κ1) is 29.2. The molecule has 1 heterocycles. The molecule has 2 aromatic carbocycles. The van der Waals surface area contributed by atoms with Gasteiger partial charge in [0.1, 0.15) is 12.6 Å². The molecule has 4 rings (SSSR count). The number of hydrogen-bond acceptors (Lipinski definition) is 6. The SMILES string of the molecule is CCOC(CN(C(=O)C(Cc1ccncc1)NC(=O)OCC1c2ccccc2-c2ccccc21)C(C)C)OCC. The summed E-state index contributed by atoms with van der Waals surface area (Å²) in [5, 5.41) is 2.86. The van der Waals surface area contributed by atoms with Crippen LogP contribution in [0.1, 0.15) is 50.3 Å². The molecule has 212 valence electrons. The van der Waals surface area contributed by atoms with Gasteiger partial charge in [-0.05, 0) is 67.6 Å². The zero-order valence-corrected chi connectivity index (χ0v) is 23.7. The Morgan fingerprint density at radius 2 is 1.48 bits per heavy atom. The number of nitrogens with one attached hydrogen (secondary N) is 1. The molecule has 3 aromatic rings. The van der Waals surface area contributed by atoms with E-state index in [1.165, 1.54) is 0 Å². The average molecular weight is 546 g/mol. The van der Waals surface area contributed by atoms with E-state index in [9.17, 15) is 9.59 Å². The second kappa shape index (κ2) is 14.1.